The van der Waals surface area contributed by atoms with Crippen molar-refractivity contribution in [1.82, 2.24) is 0 Å². The maximum Gasteiger partial charge on any atom is 0.151 e. The van der Waals surface area contributed by atoms with Crippen LogP contribution in [-0.4, -0.2) is 6.29 Å². The zero-order chi connectivity index (χ0) is 17.8. The number of rotatable bonds is 4. The summed E-state index contributed by atoms with van der Waals surface area (Å²) in [6.07, 6.45) is 0.983. The quantitative estimate of drug-likeness (QED) is 0.389. The summed E-state index contributed by atoms with van der Waals surface area (Å²) >= 11 is 0. The molecular weight excluding hydrogens is 316 g/mol. The first-order valence-electron chi connectivity index (χ1n) is 8.67. The highest BCUT2D eigenvalue weighted by Gasteiger charge is 2.16. The summed E-state index contributed by atoms with van der Waals surface area (Å²) < 4.78 is 0. The number of carbonyl (C=O) groups is 1. The number of aldehydes is 1. The maximum absolute atomic E-state index is 12.2. The second-order valence-electron chi connectivity index (χ2n) is 6.17. The summed E-state index contributed by atoms with van der Waals surface area (Å²) in [6, 6.07) is 34.6. The molecule has 124 valence electrons. The minimum Gasteiger partial charge on any atom is -0.298 e. The van der Waals surface area contributed by atoms with Gasteiger partial charge in [0.25, 0.3) is 0 Å². The summed E-state index contributed by atoms with van der Waals surface area (Å²) in [6.45, 7) is 0. The van der Waals surface area contributed by atoms with Gasteiger partial charge in [-0.2, -0.15) is 0 Å². The topological polar surface area (TPSA) is 17.1 Å². The van der Waals surface area contributed by atoms with Crippen LogP contribution in [0, 0.1) is 0 Å². The molecule has 4 aromatic carbocycles. The number of hydrogen-bond donors (Lipinski definition) is 0. The molecule has 4 aromatic rings. The van der Waals surface area contributed by atoms with Crippen LogP contribution in [-0.2, 0) is 0 Å². The Hall–Kier alpha value is -3.45. The molecule has 0 aliphatic rings. The van der Waals surface area contributed by atoms with Gasteiger partial charge in [0, 0.05) is 11.1 Å². The fourth-order valence-corrected chi connectivity index (χ4v) is 3.39. The fraction of sp³-hybridized carbons (Fsp3) is 0. The van der Waals surface area contributed by atoms with Crippen LogP contribution in [0.25, 0.3) is 33.4 Å². The molecule has 0 bridgehead atoms. The van der Waals surface area contributed by atoms with Gasteiger partial charge in [0.05, 0.1) is 0 Å². The van der Waals surface area contributed by atoms with Crippen LogP contribution in [0.4, 0.5) is 0 Å². The normalized spacial score (nSPS) is 10.5. The maximum atomic E-state index is 12.2. The lowest BCUT2D eigenvalue weighted by atomic mass is 9.86. The standard InChI is InChI=1S/C25H18O/c26-18-24-22(19-10-4-1-5-11-19)16-17-23(20-12-6-2-7-13-20)25(24)21-14-8-3-9-15-21/h1-18H. The molecule has 0 aromatic heterocycles. The fourth-order valence-electron chi connectivity index (χ4n) is 3.39. The van der Waals surface area contributed by atoms with Gasteiger partial charge in [0.15, 0.2) is 6.29 Å². The van der Waals surface area contributed by atoms with Gasteiger partial charge in [-0.15, -0.1) is 0 Å². The van der Waals surface area contributed by atoms with E-state index in [2.05, 4.69) is 30.3 Å². The molecular formula is C25H18O. The summed E-state index contributed by atoms with van der Waals surface area (Å²) in [4.78, 5) is 12.2. The number of hydrogen-bond acceptors (Lipinski definition) is 1. The zero-order valence-electron chi connectivity index (χ0n) is 14.3. The third-order valence-corrected chi connectivity index (χ3v) is 4.60. The summed E-state index contributed by atoms with van der Waals surface area (Å²) in [5.41, 5.74) is 6.93. The minimum absolute atomic E-state index is 0.726. The molecule has 0 radical (unpaired) electrons. The van der Waals surface area contributed by atoms with Crippen molar-refractivity contribution in [3.05, 3.63) is 109 Å². The third-order valence-electron chi connectivity index (χ3n) is 4.60. The van der Waals surface area contributed by atoms with Crippen LogP contribution in [0.2, 0.25) is 0 Å². The van der Waals surface area contributed by atoms with E-state index in [1.165, 1.54) is 0 Å². The van der Waals surface area contributed by atoms with Crippen LogP contribution >= 0.6 is 0 Å². The molecule has 0 fully saturated rings. The van der Waals surface area contributed by atoms with E-state index in [4.69, 9.17) is 0 Å². The van der Waals surface area contributed by atoms with Gasteiger partial charge in [-0.3, -0.25) is 4.79 Å². The van der Waals surface area contributed by atoms with Crippen molar-refractivity contribution in [2.45, 2.75) is 0 Å². The summed E-state index contributed by atoms with van der Waals surface area (Å²) in [5.74, 6) is 0. The average molecular weight is 334 g/mol. The molecule has 0 aliphatic heterocycles. The lowest BCUT2D eigenvalue weighted by molar-refractivity contribution is 0.112. The van der Waals surface area contributed by atoms with Gasteiger partial charge < -0.3 is 0 Å². The molecule has 0 aliphatic carbocycles. The smallest absolute Gasteiger partial charge is 0.151 e. The molecule has 26 heavy (non-hydrogen) atoms. The van der Waals surface area contributed by atoms with Gasteiger partial charge in [-0.1, -0.05) is 103 Å². The predicted octanol–water partition coefficient (Wildman–Crippen LogP) is 6.50. The first kappa shape index (κ1) is 16.0. The third kappa shape index (κ3) is 2.96. The van der Waals surface area contributed by atoms with Crippen molar-refractivity contribution in [2.24, 2.45) is 0 Å². The lowest BCUT2D eigenvalue weighted by Gasteiger charge is -2.17. The van der Waals surface area contributed by atoms with E-state index in [9.17, 15) is 4.79 Å². The van der Waals surface area contributed by atoms with Crippen molar-refractivity contribution in [1.29, 1.82) is 0 Å². The molecule has 1 nitrogen and oxygen atoms in total. The Labute approximate surface area is 153 Å². The molecule has 1 heteroatoms. The Morgan fingerprint density at radius 1 is 0.462 bits per heavy atom. The Balaban J connectivity index is 2.05. The van der Waals surface area contributed by atoms with Crippen LogP contribution in [0.1, 0.15) is 10.4 Å². The van der Waals surface area contributed by atoms with E-state index in [0.29, 0.717) is 0 Å². The van der Waals surface area contributed by atoms with Crippen molar-refractivity contribution in [2.75, 3.05) is 0 Å². The highest BCUT2D eigenvalue weighted by molar-refractivity contribution is 6.02. The minimum atomic E-state index is 0.726. The molecule has 0 amide bonds. The van der Waals surface area contributed by atoms with Crippen LogP contribution in [0.3, 0.4) is 0 Å². The molecule has 0 atom stereocenters. The summed E-state index contributed by atoms with van der Waals surface area (Å²) in [7, 11) is 0. The van der Waals surface area contributed by atoms with E-state index in [1.807, 2.05) is 72.8 Å². The largest absolute Gasteiger partial charge is 0.298 e. The van der Waals surface area contributed by atoms with Gasteiger partial charge in [-0.25, -0.2) is 0 Å². The second kappa shape index (κ2) is 7.20. The van der Waals surface area contributed by atoms with Gasteiger partial charge in [-0.05, 0) is 27.8 Å². The Bertz CT molecular complexity index is 1020. The molecule has 0 saturated carbocycles. The van der Waals surface area contributed by atoms with Crippen LogP contribution in [0.15, 0.2) is 103 Å². The van der Waals surface area contributed by atoms with E-state index in [1.54, 1.807) is 0 Å². The molecule has 0 spiro atoms. The molecule has 4 rings (SSSR count). The number of benzene rings is 4. The van der Waals surface area contributed by atoms with Gasteiger partial charge in [0.2, 0.25) is 0 Å². The van der Waals surface area contributed by atoms with Crippen molar-refractivity contribution < 1.29 is 4.79 Å². The molecule has 0 N–H and O–H groups in total. The van der Waals surface area contributed by atoms with E-state index in [-0.39, 0.29) is 0 Å². The van der Waals surface area contributed by atoms with Gasteiger partial charge in [0.1, 0.15) is 0 Å². The van der Waals surface area contributed by atoms with Gasteiger partial charge >= 0.3 is 0 Å². The van der Waals surface area contributed by atoms with Crippen LogP contribution < -0.4 is 0 Å². The van der Waals surface area contributed by atoms with Crippen molar-refractivity contribution in [3.63, 3.8) is 0 Å². The molecule has 0 saturated heterocycles. The molecule has 0 unspecified atom stereocenters. The lowest BCUT2D eigenvalue weighted by Crippen LogP contribution is -1.96. The van der Waals surface area contributed by atoms with E-state index in [0.717, 1.165) is 45.2 Å². The predicted molar refractivity (Wildman–Crippen MR) is 108 cm³/mol. The first-order chi connectivity index (χ1) is 12.9. The monoisotopic (exact) mass is 334 g/mol. The van der Waals surface area contributed by atoms with Crippen LogP contribution in [0.5, 0.6) is 0 Å². The van der Waals surface area contributed by atoms with E-state index >= 15 is 0 Å². The SMILES string of the molecule is O=Cc1c(-c2ccccc2)ccc(-c2ccccc2)c1-c1ccccc1. The highest BCUT2D eigenvalue weighted by atomic mass is 16.1. The molecule has 0 heterocycles. The first-order valence-corrected chi connectivity index (χ1v) is 8.67. The van der Waals surface area contributed by atoms with Crippen molar-refractivity contribution in [3.8, 4) is 33.4 Å². The Kier molecular flexibility index (Phi) is 4.44. The van der Waals surface area contributed by atoms with E-state index < -0.39 is 0 Å². The Morgan fingerprint density at radius 3 is 1.38 bits per heavy atom. The second-order valence-corrected chi connectivity index (χ2v) is 6.17. The Morgan fingerprint density at radius 2 is 0.885 bits per heavy atom. The average Bonchev–Trinajstić information content (AvgIpc) is 2.74. The van der Waals surface area contributed by atoms with Crippen molar-refractivity contribution >= 4 is 6.29 Å². The summed E-state index contributed by atoms with van der Waals surface area (Å²) in [5, 5.41) is 0. The number of carbonyl (C=O) groups excluding carboxylic acids is 1. The highest BCUT2D eigenvalue weighted by Crippen LogP contribution is 2.39. The zero-order valence-corrected chi connectivity index (χ0v) is 14.3.